The summed E-state index contributed by atoms with van der Waals surface area (Å²) < 4.78 is 6.44. The van der Waals surface area contributed by atoms with Crippen molar-refractivity contribution in [1.29, 1.82) is 0 Å². The van der Waals surface area contributed by atoms with Gasteiger partial charge in [-0.2, -0.15) is 0 Å². The van der Waals surface area contributed by atoms with E-state index < -0.39 is 0 Å². The monoisotopic (exact) mass is 830 g/mol. The van der Waals surface area contributed by atoms with Crippen molar-refractivity contribution >= 4 is 71.9 Å². The molecule has 0 saturated carbocycles. The van der Waals surface area contributed by atoms with Gasteiger partial charge in [-0.05, 0) is 134 Å². The molecule has 0 aliphatic heterocycles. The van der Waals surface area contributed by atoms with Crippen LogP contribution in [0.4, 0.5) is 28.4 Å². The van der Waals surface area contributed by atoms with Crippen LogP contribution in [-0.4, -0.2) is 0 Å². The number of nitrogens with zero attached hydrogens (tertiary/aromatic N) is 1. The highest BCUT2D eigenvalue weighted by Gasteiger charge is 2.16. The van der Waals surface area contributed by atoms with Gasteiger partial charge < -0.3 is 14.6 Å². The van der Waals surface area contributed by atoms with Crippen LogP contribution < -0.4 is 10.2 Å². The maximum Gasteiger partial charge on any atom is 0.143 e. The molecule has 0 bridgehead atoms. The van der Waals surface area contributed by atoms with Crippen LogP contribution >= 0.6 is 0 Å². The molecule has 3 heteroatoms. The van der Waals surface area contributed by atoms with Crippen LogP contribution in [0.3, 0.4) is 0 Å². The molecule has 11 aromatic carbocycles. The van der Waals surface area contributed by atoms with Crippen LogP contribution in [-0.2, 0) is 0 Å². The van der Waals surface area contributed by atoms with E-state index in [1.807, 2.05) is 0 Å². The summed E-state index contributed by atoms with van der Waals surface area (Å²) in [6, 6.07) is 89.0. The van der Waals surface area contributed by atoms with E-state index in [-0.39, 0.29) is 0 Å². The minimum absolute atomic E-state index is 0.898. The van der Waals surface area contributed by atoms with Crippen LogP contribution in [0.15, 0.2) is 253 Å². The van der Waals surface area contributed by atoms with E-state index in [0.29, 0.717) is 0 Å². The van der Waals surface area contributed by atoms with E-state index in [1.54, 1.807) is 0 Å². The number of anilines is 5. The number of rotatable bonds is 9. The zero-order valence-corrected chi connectivity index (χ0v) is 35.5. The Morgan fingerprint density at radius 2 is 0.846 bits per heavy atom. The van der Waals surface area contributed by atoms with Crippen molar-refractivity contribution in [1.82, 2.24) is 0 Å². The molecule has 12 rings (SSSR count). The van der Waals surface area contributed by atoms with Gasteiger partial charge in [0.2, 0.25) is 0 Å². The van der Waals surface area contributed by atoms with Crippen LogP contribution in [0.2, 0.25) is 0 Å². The standard InChI is InChI=1S/C62H42N2O/c1-2-12-46(13-3-1)56-18-8-9-20-60(56)63-52-17-10-16-49(40-52)43-23-31-53(32-24-43)64(54-33-25-44(26-34-54)50-22-21-42-11-4-5-15-48(42)39-50)55-35-27-45(28-36-55)51-30-38-61-59(41-51)58-37-29-47-14-6-7-19-57(47)62(58)65-61/h1-41,63H. The van der Waals surface area contributed by atoms with Crippen molar-refractivity contribution in [2.75, 3.05) is 10.2 Å². The lowest BCUT2D eigenvalue weighted by Gasteiger charge is -2.26. The molecule has 306 valence electrons. The number of para-hydroxylation sites is 1. The third-order valence-electron chi connectivity index (χ3n) is 12.6. The lowest BCUT2D eigenvalue weighted by Crippen LogP contribution is -2.09. The Labute approximate surface area is 378 Å². The van der Waals surface area contributed by atoms with E-state index in [9.17, 15) is 0 Å². The Morgan fingerprint density at radius 3 is 1.57 bits per heavy atom. The molecular formula is C62H42N2O. The first-order valence-electron chi connectivity index (χ1n) is 22.1. The molecule has 1 heterocycles. The van der Waals surface area contributed by atoms with Crippen molar-refractivity contribution in [2.45, 2.75) is 0 Å². The maximum atomic E-state index is 6.44. The minimum atomic E-state index is 0.898. The molecule has 0 aliphatic rings. The summed E-state index contributed by atoms with van der Waals surface area (Å²) in [6.45, 7) is 0. The largest absolute Gasteiger partial charge is 0.455 e. The number of nitrogens with one attached hydrogen (secondary N) is 1. The first kappa shape index (κ1) is 38.0. The molecule has 0 atom stereocenters. The number of furan rings is 1. The van der Waals surface area contributed by atoms with Gasteiger partial charge in [0.05, 0.1) is 0 Å². The second-order valence-electron chi connectivity index (χ2n) is 16.6. The topological polar surface area (TPSA) is 28.4 Å². The molecular weight excluding hydrogens is 789 g/mol. The first-order valence-corrected chi connectivity index (χ1v) is 22.1. The normalized spacial score (nSPS) is 11.4. The maximum absolute atomic E-state index is 6.44. The van der Waals surface area contributed by atoms with Crippen molar-refractivity contribution in [2.24, 2.45) is 0 Å². The molecule has 1 aromatic heterocycles. The van der Waals surface area contributed by atoms with E-state index in [1.165, 1.54) is 38.4 Å². The molecule has 3 nitrogen and oxygen atoms in total. The lowest BCUT2D eigenvalue weighted by molar-refractivity contribution is 0.672. The van der Waals surface area contributed by atoms with Crippen molar-refractivity contribution in [3.63, 3.8) is 0 Å². The number of fused-ring (bicyclic) bond motifs is 6. The first-order chi connectivity index (χ1) is 32.2. The summed E-state index contributed by atoms with van der Waals surface area (Å²) in [5.74, 6) is 0. The molecule has 0 radical (unpaired) electrons. The molecule has 0 fully saturated rings. The molecule has 12 aromatic rings. The summed E-state index contributed by atoms with van der Waals surface area (Å²) in [6.07, 6.45) is 0. The Bertz CT molecular complexity index is 3660. The predicted octanol–water partition coefficient (Wildman–Crippen LogP) is 17.8. The van der Waals surface area contributed by atoms with Crippen LogP contribution in [0.25, 0.3) is 88.0 Å². The Balaban J connectivity index is 0.879. The number of hydrogen-bond acceptors (Lipinski definition) is 3. The smallest absolute Gasteiger partial charge is 0.143 e. The molecule has 1 N–H and O–H groups in total. The van der Waals surface area contributed by atoms with Gasteiger partial charge in [0, 0.05) is 50.2 Å². The highest BCUT2D eigenvalue weighted by Crippen LogP contribution is 2.40. The third kappa shape index (κ3) is 7.25. The van der Waals surface area contributed by atoms with E-state index in [0.717, 1.165) is 78.0 Å². The molecule has 0 spiro atoms. The molecule has 0 aliphatic carbocycles. The van der Waals surface area contributed by atoms with Crippen LogP contribution in [0, 0.1) is 0 Å². The van der Waals surface area contributed by atoms with Crippen LogP contribution in [0.5, 0.6) is 0 Å². The van der Waals surface area contributed by atoms with E-state index in [4.69, 9.17) is 4.42 Å². The number of hydrogen-bond donors (Lipinski definition) is 1. The van der Waals surface area contributed by atoms with E-state index in [2.05, 4.69) is 259 Å². The van der Waals surface area contributed by atoms with Gasteiger partial charge in [0.25, 0.3) is 0 Å². The number of benzene rings is 11. The molecule has 0 unspecified atom stereocenters. The molecule has 0 amide bonds. The average Bonchev–Trinajstić information content (AvgIpc) is 3.76. The Hall–Kier alpha value is -8.66. The fraction of sp³-hybridized carbons (Fsp3) is 0. The highest BCUT2D eigenvalue weighted by molar-refractivity contribution is 6.15. The summed E-state index contributed by atoms with van der Waals surface area (Å²) in [7, 11) is 0. The van der Waals surface area contributed by atoms with Crippen molar-refractivity contribution < 1.29 is 4.42 Å². The summed E-state index contributed by atoms with van der Waals surface area (Å²) in [5.41, 5.74) is 16.5. The van der Waals surface area contributed by atoms with Gasteiger partial charge in [-0.15, -0.1) is 0 Å². The average molecular weight is 831 g/mol. The third-order valence-corrected chi connectivity index (χ3v) is 12.6. The molecule has 0 saturated heterocycles. The zero-order valence-electron chi connectivity index (χ0n) is 35.5. The predicted molar refractivity (Wildman–Crippen MR) is 275 cm³/mol. The fourth-order valence-electron chi connectivity index (χ4n) is 9.30. The van der Waals surface area contributed by atoms with E-state index >= 15 is 0 Å². The van der Waals surface area contributed by atoms with Gasteiger partial charge in [0.15, 0.2) is 0 Å². The summed E-state index contributed by atoms with van der Waals surface area (Å²) >= 11 is 0. The minimum Gasteiger partial charge on any atom is -0.455 e. The second-order valence-corrected chi connectivity index (χ2v) is 16.6. The van der Waals surface area contributed by atoms with Gasteiger partial charge >= 0.3 is 0 Å². The second kappa shape index (κ2) is 16.2. The lowest BCUT2D eigenvalue weighted by atomic mass is 10.00. The van der Waals surface area contributed by atoms with Gasteiger partial charge in [0.1, 0.15) is 11.2 Å². The van der Waals surface area contributed by atoms with Gasteiger partial charge in [-0.25, -0.2) is 0 Å². The quantitative estimate of drug-likeness (QED) is 0.157. The molecule has 65 heavy (non-hydrogen) atoms. The summed E-state index contributed by atoms with van der Waals surface area (Å²) in [4.78, 5) is 2.34. The Kier molecular flexibility index (Phi) is 9.50. The Morgan fingerprint density at radius 1 is 0.308 bits per heavy atom. The van der Waals surface area contributed by atoms with Crippen molar-refractivity contribution in [3.8, 4) is 44.5 Å². The highest BCUT2D eigenvalue weighted by atomic mass is 16.3. The van der Waals surface area contributed by atoms with Gasteiger partial charge in [-0.3, -0.25) is 0 Å². The summed E-state index contributed by atoms with van der Waals surface area (Å²) in [5, 5.41) is 10.8. The SMILES string of the molecule is c1ccc(-c2ccccc2Nc2cccc(-c3ccc(N(c4ccc(-c5ccc6ccccc6c5)cc4)c4ccc(-c5ccc6oc7c8ccccc8ccc7c6c5)cc4)cc3)c2)cc1. The van der Waals surface area contributed by atoms with Crippen molar-refractivity contribution in [3.05, 3.63) is 249 Å². The van der Waals surface area contributed by atoms with Gasteiger partial charge in [-0.1, -0.05) is 170 Å². The zero-order chi connectivity index (χ0) is 43.1. The fourth-order valence-corrected chi connectivity index (χ4v) is 9.30. The van der Waals surface area contributed by atoms with Crippen LogP contribution in [0.1, 0.15) is 0 Å².